The van der Waals surface area contributed by atoms with E-state index in [1.165, 1.54) is 11.8 Å². The minimum absolute atomic E-state index is 0.167. The van der Waals surface area contributed by atoms with Crippen molar-refractivity contribution in [3.63, 3.8) is 0 Å². The molecule has 1 amide bonds. The summed E-state index contributed by atoms with van der Waals surface area (Å²) >= 11 is 19.7. The molecule has 1 aliphatic heterocycles. The lowest BCUT2D eigenvalue weighted by Gasteiger charge is -2.15. The molecule has 1 fully saturated rings. The lowest BCUT2D eigenvalue weighted by Crippen LogP contribution is -2.27. The van der Waals surface area contributed by atoms with Gasteiger partial charge in [-0.2, -0.15) is 5.10 Å². The van der Waals surface area contributed by atoms with Gasteiger partial charge in [-0.25, -0.2) is 4.68 Å². The molecule has 5 nitrogen and oxygen atoms in total. The van der Waals surface area contributed by atoms with Crippen molar-refractivity contribution < 1.29 is 9.53 Å². The van der Waals surface area contributed by atoms with E-state index in [9.17, 15) is 4.79 Å². The van der Waals surface area contributed by atoms with E-state index in [0.717, 1.165) is 28.8 Å². The van der Waals surface area contributed by atoms with Crippen molar-refractivity contribution in [2.45, 2.75) is 19.9 Å². The second-order valence-electron chi connectivity index (χ2n) is 8.57. The average Bonchev–Trinajstić information content (AvgIpc) is 3.46. The third-order valence-electron chi connectivity index (χ3n) is 5.88. The number of aromatic nitrogens is 2. The minimum Gasteiger partial charge on any atom is -0.492 e. The van der Waals surface area contributed by atoms with Crippen LogP contribution in [-0.4, -0.2) is 31.5 Å². The lowest BCUT2D eigenvalue weighted by molar-refractivity contribution is -0.122. The Morgan fingerprint density at radius 3 is 2.53 bits per heavy atom. The van der Waals surface area contributed by atoms with Gasteiger partial charge in [-0.3, -0.25) is 9.69 Å². The Labute approximate surface area is 241 Å². The highest BCUT2D eigenvalue weighted by Crippen LogP contribution is 2.37. The van der Waals surface area contributed by atoms with E-state index in [2.05, 4.69) is 0 Å². The number of hydrogen-bond acceptors (Lipinski definition) is 5. The van der Waals surface area contributed by atoms with Gasteiger partial charge in [-0.1, -0.05) is 90.5 Å². The van der Waals surface area contributed by atoms with Gasteiger partial charge in [0.05, 0.1) is 28.8 Å². The first kappa shape index (κ1) is 26.5. The second kappa shape index (κ2) is 11.7. The zero-order valence-corrected chi connectivity index (χ0v) is 23.6. The quantitative estimate of drug-likeness (QED) is 0.156. The van der Waals surface area contributed by atoms with Crippen molar-refractivity contribution in [3.8, 4) is 22.7 Å². The molecule has 38 heavy (non-hydrogen) atoms. The summed E-state index contributed by atoms with van der Waals surface area (Å²) in [5, 5.41) is 5.96. The van der Waals surface area contributed by atoms with E-state index in [4.69, 9.17) is 45.3 Å². The highest BCUT2D eigenvalue weighted by molar-refractivity contribution is 8.26. The maximum atomic E-state index is 13.4. The Hall–Kier alpha value is -3.10. The van der Waals surface area contributed by atoms with Gasteiger partial charge in [-0.15, -0.1) is 0 Å². The van der Waals surface area contributed by atoms with Gasteiger partial charge < -0.3 is 4.74 Å². The first-order valence-electron chi connectivity index (χ1n) is 12.0. The molecule has 0 N–H and O–H groups in total. The fraction of sp³-hybridized carbons (Fsp3) is 0.138. The Balaban J connectivity index is 1.52. The van der Waals surface area contributed by atoms with Gasteiger partial charge in [0, 0.05) is 22.3 Å². The van der Waals surface area contributed by atoms with Gasteiger partial charge >= 0.3 is 0 Å². The van der Waals surface area contributed by atoms with E-state index in [1.807, 2.05) is 85.9 Å². The Morgan fingerprint density at radius 2 is 1.79 bits per heavy atom. The van der Waals surface area contributed by atoms with Crippen LogP contribution in [0.15, 0.2) is 83.9 Å². The molecule has 0 bridgehead atoms. The number of benzene rings is 3. The van der Waals surface area contributed by atoms with E-state index >= 15 is 0 Å². The van der Waals surface area contributed by atoms with Crippen LogP contribution in [0.4, 0.5) is 0 Å². The van der Waals surface area contributed by atoms with Crippen LogP contribution in [-0.2, 0) is 11.3 Å². The Morgan fingerprint density at radius 1 is 1.03 bits per heavy atom. The highest BCUT2D eigenvalue weighted by Gasteiger charge is 2.33. The summed E-state index contributed by atoms with van der Waals surface area (Å²) in [6, 6.07) is 22.9. The lowest BCUT2D eigenvalue weighted by atomic mass is 10.1. The van der Waals surface area contributed by atoms with Crippen molar-refractivity contribution in [3.05, 3.63) is 105 Å². The van der Waals surface area contributed by atoms with Crippen LogP contribution in [0, 0.1) is 0 Å². The van der Waals surface area contributed by atoms with Crippen molar-refractivity contribution >= 4 is 63.5 Å². The van der Waals surface area contributed by atoms with Gasteiger partial charge in [0.25, 0.3) is 5.91 Å². The highest BCUT2D eigenvalue weighted by atomic mass is 35.5. The van der Waals surface area contributed by atoms with E-state index in [0.29, 0.717) is 43.9 Å². The first-order valence-corrected chi connectivity index (χ1v) is 14.0. The van der Waals surface area contributed by atoms with Crippen LogP contribution >= 0.6 is 47.2 Å². The van der Waals surface area contributed by atoms with Gasteiger partial charge in [0.15, 0.2) is 0 Å². The van der Waals surface area contributed by atoms with Gasteiger partial charge in [0.1, 0.15) is 15.8 Å². The minimum atomic E-state index is -0.167. The van der Waals surface area contributed by atoms with Crippen molar-refractivity contribution in [1.29, 1.82) is 0 Å². The molecule has 0 spiro atoms. The molecule has 5 rings (SSSR count). The van der Waals surface area contributed by atoms with Crippen LogP contribution in [0.1, 0.15) is 24.5 Å². The van der Waals surface area contributed by atoms with E-state index in [-0.39, 0.29) is 5.91 Å². The number of carbonyl (C=O) groups is 1. The molecule has 192 valence electrons. The van der Waals surface area contributed by atoms with Crippen molar-refractivity contribution in [2.24, 2.45) is 0 Å². The summed E-state index contributed by atoms with van der Waals surface area (Å²) in [5.74, 6) is 0.460. The SMILES string of the molecule is CCCOc1ccc(-c2nn(-c3ccccc3)cc2/C=C2\SC(=S)N(Cc3ccccc3Cl)C2=O)cc1Cl. The van der Waals surface area contributed by atoms with Crippen molar-refractivity contribution in [2.75, 3.05) is 6.61 Å². The number of hydrogen-bond donors (Lipinski definition) is 0. The van der Waals surface area contributed by atoms with Crippen LogP contribution in [0.5, 0.6) is 5.75 Å². The molecule has 0 radical (unpaired) electrons. The number of ether oxygens (including phenoxy) is 1. The number of thiocarbonyl (C=S) groups is 1. The summed E-state index contributed by atoms with van der Waals surface area (Å²) in [5.41, 5.74) is 4.00. The molecule has 1 aromatic heterocycles. The Bertz CT molecular complexity index is 1540. The molecule has 0 saturated carbocycles. The van der Waals surface area contributed by atoms with Crippen LogP contribution < -0.4 is 4.74 Å². The topological polar surface area (TPSA) is 47.4 Å². The van der Waals surface area contributed by atoms with Gasteiger partial charge in [0.2, 0.25) is 0 Å². The molecular weight excluding hydrogens is 557 g/mol. The van der Waals surface area contributed by atoms with Crippen molar-refractivity contribution in [1.82, 2.24) is 14.7 Å². The fourth-order valence-electron chi connectivity index (χ4n) is 3.98. The zero-order chi connectivity index (χ0) is 26.6. The molecule has 1 aliphatic rings. The summed E-state index contributed by atoms with van der Waals surface area (Å²) in [4.78, 5) is 15.5. The summed E-state index contributed by atoms with van der Waals surface area (Å²) < 4.78 is 8.01. The fourth-order valence-corrected chi connectivity index (χ4v) is 5.66. The standard InChI is InChI=1S/C29H23Cl2N3O2S2/c1-2-14-36-25-13-12-19(15-24(25)31)27-21(18-34(32-27)22-9-4-3-5-10-22)16-26-28(35)33(29(37)38-26)17-20-8-6-7-11-23(20)30/h3-13,15-16,18H,2,14,17H2,1H3/b26-16-. The number of para-hydroxylation sites is 1. The molecule has 9 heteroatoms. The number of thioether (sulfide) groups is 1. The molecule has 0 atom stereocenters. The molecule has 4 aromatic rings. The normalized spacial score (nSPS) is 14.5. The molecule has 0 unspecified atom stereocenters. The first-order chi connectivity index (χ1) is 18.4. The smallest absolute Gasteiger partial charge is 0.266 e. The number of nitrogens with zero attached hydrogens (tertiary/aromatic N) is 3. The molecular formula is C29H23Cl2N3O2S2. The molecule has 1 saturated heterocycles. The molecule has 3 aromatic carbocycles. The Kier molecular flexibility index (Phi) is 8.19. The van der Waals surface area contributed by atoms with E-state index in [1.54, 1.807) is 15.6 Å². The number of carbonyl (C=O) groups excluding carboxylic acids is 1. The third kappa shape index (κ3) is 5.66. The molecule has 0 aliphatic carbocycles. The van der Waals surface area contributed by atoms with Crippen LogP contribution in [0.2, 0.25) is 10.0 Å². The average molecular weight is 581 g/mol. The molecule has 2 heterocycles. The maximum absolute atomic E-state index is 13.4. The number of halogens is 2. The third-order valence-corrected chi connectivity index (χ3v) is 7.92. The largest absolute Gasteiger partial charge is 0.492 e. The zero-order valence-electron chi connectivity index (χ0n) is 20.4. The summed E-state index contributed by atoms with van der Waals surface area (Å²) in [6.45, 7) is 2.94. The van der Waals surface area contributed by atoms with E-state index < -0.39 is 0 Å². The second-order valence-corrected chi connectivity index (χ2v) is 11.1. The predicted molar refractivity (Wildman–Crippen MR) is 160 cm³/mol. The van der Waals surface area contributed by atoms with Gasteiger partial charge in [-0.05, 0) is 54.5 Å². The maximum Gasteiger partial charge on any atom is 0.266 e. The summed E-state index contributed by atoms with van der Waals surface area (Å²) in [6.07, 6.45) is 4.63. The predicted octanol–water partition coefficient (Wildman–Crippen LogP) is 8.04. The van der Waals surface area contributed by atoms with Crippen LogP contribution in [0.25, 0.3) is 23.0 Å². The number of rotatable bonds is 8. The number of amides is 1. The van der Waals surface area contributed by atoms with Crippen LogP contribution in [0.3, 0.4) is 0 Å². The summed E-state index contributed by atoms with van der Waals surface area (Å²) in [7, 11) is 0. The monoisotopic (exact) mass is 579 g/mol.